The van der Waals surface area contributed by atoms with Gasteiger partial charge in [0.2, 0.25) is 0 Å². The minimum Gasteiger partial charge on any atom is -0.385 e. The van der Waals surface area contributed by atoms with Crippen LogP contribution in [0, 0.1) is 5.82 Å². The van der Waals surface area contributed by atoms with Crippen LogP contribution in [0.1, 0.15) is 32.3 Å². The Hall–Kier alpha value is -0.890. The minimum absolute atomic E-state index is 0.268. The summed E-state index contributed by atoms with van der Waals surface area (Å²) in [5.74, 6) is -0.268. The van der Waals surface area contributed by atoms with Gasteiger partial charge in [-0.15, -0.1) is 0 Å². The van der Waals surface area contributed by atoms with Crippen LogP contribution in [-0.4, -0.2) is 5.11 Å². The number of halogens is 1. The van der Waals surface area contributed by atoms with E-state index in [1.54, 1.807) is 19.1 Å². The fraction of sp³-hybridized carbons (Fsp3) is 0.455. The van der Waals surface area contributed by atoms with Gasteiger partial charge in [-0.3, -0.25) is 0 Å². The molecule has 1 aromatic rings. The molecule has 13 heavy (non-hydrogen) atoms. The van der Waals surface area contributed by atoms with E-state index in [0.717, 1.165) is 12.0 Å². The Morgan fingerprint density at radius 2 is 1.85 bits per heavy atom. The molecule has 0 amide bonds. The van der Waals surface area contributed by atoms with Gasteiger partial charge in [0.05, 0.1) is 5.60 Å². The third-order valence-corrected chi connectivity index (χ3v) is 2.20. The predicted molar refractivity (Wildman–Crippen MR) is 50.9 cm³/mol. The van der Waals surface area contributed by atoms with Gasteiger partial charge in [0.15, 0.2) is 0 Å². The fourth-order valence-corrected chi connectivity index (χ4v) is 1.44. The molecule has 0 bridgehead atoms. The van der Waals surface area contributed by atoms with E-state index in [9.17, 15) is 9.50 Å². The van der Waals surface area contributed by atoms with Crippen molar-refractivity contribution in [1.82, 2.24) is 0 Å². The Labute approximate surface area is 78.2 Å². The van der Waals surface area contributed by atoms with Crippen LogP contribution >= 0.6 is 0 Å². The molecule has 0 saturated carbocycles. The lowest BCUT2D eigenvalue weighted by Gasteiger charge is -2.22. The lowest BCUT2D eigenvalue weighted by molar-refractivity contribution is 0.0469. The first-order valence-electron chi connectivity index (χ1n) is 4.54. The van der Waals surface area contributed by atoms with Gasteiger partial charge in [0.25, 0.3) is 0 Å². The zero-order valence-corrected chi connectivity index (χ0v) is 8.05. The summed E-state index contributed by atoms with van der Waals surface area (Å²) in [7, 11) is 0. The third kappa shape index (κ3) is 2.52. The molecule has 0 aliphatic rings. The van der Waals surface area contributed by atoms with Crippen LogP contribution in [0.2, 0.25) is 0 Å². The summed E-state index contributed by atoms with van der Waals surface area (Å²) in [6.45, 7) is 3.77. The molecule has 0 aliphatic carbocycles. The Morgan fingerprint density at radius 1 is 1.31 bits per heavy atom. The van der Waals surface area contributed by atoms with Crippen LogP contribution < -0.4 is 0 Å². The lowest BCUT2D eigenvalue weighted by Crippen LogP contribution is -2.20. The van der Waals surface area contributed by atoms with Crippen molar-refractivity contribution >= 4 is 0 Å². The first kappa shape index (κ1) is 10.2. The van der Waals surface area contributed by atoms with E-state index in [1.807, 2.05) is 6.92 Å². The van der Waals surface area contributed by atoms with Crippen molar-refractivity contribution in [1.29, 1.82) is 0 Å². The quantitative estimate of drug-likeness (QED) is 0.762. The van der Waals surface area contributed by atoms with Crippen molar-refractivity contribution in [3.8, 4) is 0 Å². The van der Waals surface area contributed by atoms with Crippen molar-refractivity contribution in [3.05, 3.63) is 35.6 Å². The van der Waals surface area contributed by atoms with E-state index in [1.165, 1.54) is 12.1 Å². The van der Waals surface area contributed by atoms with Crippen molar-refractivity contribution in [2.75, 3.05) is 0 Å². The number of hydrogen-bond donors (Lipinski definition) is 1. The average molecular weight is 182 g/mol. The topological polar surface area (TPSA) is 20.2 Å². The van der Waals surface area contributed by atoms with Crippen LogP contribution in [0.25, 0.3) is 0 Å². The number of aliphatic hydroxyl groups is 1. The second-order valence-corrected chi connectivity index (χ2v) is 3.53. The first-order valence-corrected chi connectivity index (χ1v) is 4.54. The zero-order valence-electron chi connectivity index (χ0n) is 8.05. The maximum absolute atomic E-state index is 12.6. The van der Waals surface area contributed by atoms with Gasteiger partial charge < -0.3 is 5.11 Å². The summed E-state index contributed by atoms with van der Waals surface area (Å²) in [4.78, 5) is 0. The van der Waals surface area contributed by atoms with E-state index in [0.29, 0.717) is 6.42 Å². The molecule has 1 N–H and O–H groups in total. The highest BCUT2D eigenvalue weighted by molar-refractivity contribution is 5.22. The monoisotopic (exact) mass is 182 g/mol. The summed E-state index contributed by atoms with van der Waals surface area (Å²) in [6.07, 6.45) is 1.60. The van der Waals surface area contributed by atoms with Crippen LogP contribution in [-0.2, 0) is 5.60 Å². The largest absolute Gasteiger partial charge is 0.385 e. The number of rotatable bonds is 3. The molecule has 1 atom stereocenters. The van der Waals surface area contributed by atoms with E-state index >= 15 is 0 Å². The molecule has 2 heteroatoms. The summed E-state index contributed by atoms with van der Waals surface area (Å²) in [6, 6.07) is 6.01. The highest BCUT2D eigenvalue weighted by Crippen LogP contribution is 2.25. The molecule has 0 radical (unpaired) electrons. The van der Waals surface area contributed by atoms with E-state index < -0.39 is 5.60 Å². The van der Waals surface area contributed by atoms with Crippen molar-refractivity contribution in [3.63, 3.8) is 0 Å². The minimum atomic E-state index is -0.831. The second-order valence-electron chi connectivity index (χ2n) is 3.53. The maximum atomic E-state index is 12.6. The zero-order chi connectivity index (χ0) is 9.90. The second kappa shape index (κ2) is 3.88. The van der Waals surface area contributed by atoms with Gasteiger partial charge in [-0.25, -0.2) is 4.39 Å². The van der Waals surface area contributed by atoms with Crippen molar-refractivity contribution in [2.45, 2.75) is 32.3 Å². The van der Waals surface area contributed by atoms with Crippen molar-refractivity contribution in [2.24, 2.45) is 0 Å². The SMILES string of the molecule is CCCC(C)(O)c1ccc(F)cc1. The maximum Gasteiger partial charge on any atom is 0.123 e. The van der Waals surface area contributed by atoms with E-state index in [-0.39, 0.29) is 5.82 Å². The molecule has 1 nitrogen and oxygen atoms in total. The molecule has 0 aliphatic heterocycles. The van der Waals surface area contributed by atoms with Crippen LogP contribution in [0.4, 0.5) is 4.39 Å². The smallest absolute Gasteiger partial charge is 0.123 e. The van der Waals surface area contributed by atoms with Gasteiger partial charge in [-0.05, 0) is 31.0 Å². The standard InChI is InChI=1S/C11H15FO/c1-3-8-11(2,13)9-4-6-10(12)7-5-9/h4-7,13H,3,8H2,1-2H3. The van der Waals surface area contributed by atoms with Gasteiger partial charge >= 0.3 is 0 Å². The molecule has 0 saturated heterocycles. The number of benzene rings is 1. The molecule has 72 valence electrons. The van der Waals surface area contributed by atoms with Gasteiger partial charge in [0.1, 0.15) is 5.82 Å². The molecule has 0 aromatic heterocycles. The van der Waals surface area contributed by atoms with Gasteiger partial charge in [-0.2, -0.15) is 0 Å². The van der Waals surface area contributed by atoms with Gasteiger partial charge in [-0.1, -0.05) is 25.5 Å². The van der Waals surface area contributed by atoms with E-state index in [4.69, 9.17) is 0 Å². The fourth-order valence-electron chi connectivity index (χ4n) is 1.44. The summed E-state index contributed by atoms with van der Waals surface area (Å²) in [5, 5.41) is 9.95. The van der Waals surface area contributed by atoms with Crippen molar-refractivity contribution < 1.29 is 9.50 Å². The Morgan fingerprint density at radius 3 is 2.31 bits per heavy atom. The number of hydrogen-bond acceptors (Lipinski definition) is 1. The molecular formula is C11H15FO. The summed E-state index contributed by atoms with van der Waals surface area (Å²) >= 11 is 0. The summed E-state index contributed by atoms with van der Waals surface area (Å²) in [5.41, 5.74) is -0.0571. The van der Waals surface area contributed by atoms with Crippen LogP contribution in [0.15, 0.2) is 24.3 Å². The Balaban J connectivity index is 2.87. The first-order chi connectivity index (χ1) is 6.06. The molecule has 1 aromatic carbocycles. The molecule has 1 unspecified atom stereocenters. The van der Waals surface area contributed by atoms with Crippen LogP contribution in [0.3, 0.4) is 0 Å². The molecule has 1 rings (SSSR count). The Kier molecular flexibility index (Phi) is 3.04. The summed E-state index contributed by atoms with van der Waals surface area (Å²) < 4.78 is 12.6. The highest BCUT2D eigenvalue weighted by atomic mass is 19.1. The Bertz CT molecular complexity index is 264. The van der Waals surface area contributed by atoms with E-state index in [2.05, 4.69) is 0 Å². The molecular weight excluding hydrogens is 167 g/mol. The van der Waals surface area contributed by atoms with Crippen LogP contribution in [0.5, 0.6) is 0 Å². The molecule has 0 fully saturated rings. The highest BCUT2D eigenvalue weighted by Gasteiger charge is 2.21. The predicted octanol–water partition coefficient (Wildman–Crippen LogP) is 2.83. The lowest BCUT2D eigenvalue weighted by atomic mass is 9.91. The van der Waals surface area contributed by atoms with Gasteiger partial charge in [0, 0.05) is 0 Å². The normalized spacial score (nSPS) is 15.4. The molecule has 0 heterocycles. The third-order valence-electron chi connectivity index (χ3n) is 2.20. The average Bonchev–Trinajstić information content (AvgIpc) is 2.05. The molecule has 0 spiro atoms.